The molecule has 0 radical (unpaired) electrons. The van der Waals surface area contributed by atoms with Crippen LogP contribution in [-0.2, 0) is 25.7 Å². The van der Waals surface area contributed by atoms with Gasteiger partial charge >= 0.3 is 18.0 Å². The first-order valence-corrected chi connectivity index (χ1v) is 12.9. The van der Waals surface area contributed by atoms with Crippen molar-refractivity contribution in [3.63, 3.8) is 0 Å². The van der Waals surface area contributed by atoms with Crippen LogP contribution in [0.3, 0.4) is 0 Å². The number of carboxylic acids is 2. The summed E-state index contributed by atoms with van der Waals surface area (Å²) >= 11 is 0.979. The van der Waals surface area contributed by atoms with Gasteiger partial charge in [0.05, 0.1) is 13.0 Å². The zero-order valence-electron chi connectivity index (χ0n) is 21.3. The Morgan fingerprint density at radius 3 is 2.15 bits per heavy atom. The van der Waals surface area contributed by atoms with Gasteiger partial charge in [0.15, 0.2) is 11.2 Å². The van der Waals surface area contributed by atoms with Gasteiger partial charge in [-0.25, -0.2) is 14.6 Å². The molecular weight excluding hydrogens is 556 g/mol. The Balaban J connectivity index is 1.51. The van der Waals surface area contributed by atoms with Gasteiger partial charge in [-0.15, -0.1) is 11.3 Å². The number of amides is 5. The summed E-state index contributed by atoms with van der Waals surface area (Å²) in [4.78, 5) is 76.5. The molecule has 0 unspecified atom stereocenters. The number of hydrogen-bond donors (Lipinski definition) is 7. The Morgan fingerprint density at radius 1 is 0.854 bits per heavy atom. The number of anilines is 1. The Bertz CT molecular complexity index is 1400. The van der Waals surface area contributed by atoms with Crippen molar-refractivity contribution in [2.24, 2.45) is 0 Å². The Hall–Kier alpha value is -5.31. The number of nitrogens with one attached hydrogen (secondary N) is 5. The highest BCUT2D eigenvalue weighted by atomic mass is 32.1. The molecule has 0 bridgehead atoms. The average molecular weight is 583 g/mol. The second kappa shape index (κ2) is 14.7. The van der Waals surface area contributed by atoms with Crippen LogP contribution in [0.1, 0.15) is 34.1 Å². The van der Waals surface area contributed by atoms with Gasteiger partial charge in [0.25, 0.3) is 5.91 Å². The molecule has 41 heavy (non-hydrogen) atoms. The number of carbonyl (C=O) groups is 6. The van der Waals surface area contributed by atoms with Crippen molar-refractivity contribution in [2.75, 3.05) is 11.9 Å². The zero-order chi connectivity index (χ0) is 29.8. The number of nitrogens with zero attached hydrogens (tertiary/aromatic N) is 1. The maximum atomic E-state index is 12.7. The fourth-order valence-electron chi connectivity index (χ4n) is 3.41. The number of hydrogen-bond acceptors (Lipinski definition) is 8. The summed E-state index contributed by atoms with van der Waals surface area (Å²) in [5.41, 5.74) is 1.04. The van der Waals surface area contributed by atoms with E-state index >= 15 is 0 Å². The predicted octanol–water partition coefficient (Wildman–Crippen LogP) is 1.10. The maximum Gasteiger partial charge on any atom is 0.330 e. The van der Waals surface area contributed by atoms with E-state index in [4.69, 9.17) is 0 Å². The summed E-state index contributed by atoms with van der Waals surface area (Å²) in [6, 6.07) is 13.3. The van der Waals surface area contributed by atoms with Gasteiger partial charge in [0, 0.05) is 11.9 Å². The maximum absolute atomic E-state index is 12.7. The second-order valence-corrected chi connectivity index (χ2v) is 9.28. The Kier molecular flexibility index (Phi) is 10.9. The van der Waals surface area contributed by atoms with Crippen LogP contribution in [0.5, 0.6) is 0 Å². The molecule has 2 aromatic carbocycles. The minimum absolute atomic E-state index is 0.0897. The molecule has 214 valence electrons. The molecule has 0 saturated carbocycles. The van der Waals surface area contributed by atoms with Crippen molar-refractivity contribution in [2.45, 2.75) is 25.0 Å². The molecule has 3 rings (SSSR count). The topological polar surface area (TPSA) is 216 Å². The van der Waals surface area contributed by atoms with Crippen molar-refractivity contribution in [3.05, 3.63) is 82.9 Å². The van der Waals surface area contributed by atoms with Gasteiger partial charge in [-0.1, -0.05) is 60.7 Å². The number of carboxylic acid groups (broad SMARTS) is 2. The second-order valence-electron chi connectivity index (χ2n) is 8.42. The summed E-state index contributed by atoms with van der Waals surface area (Å²) < 4.78 is 0. The van der Waals surface area contributed by atoms with Crippen LogP contribution in [0.25, 0.3) is 0 Å². The molecule has 0 saturated heterocycles. The number of rotatable bonds is 13. The molecule has 5 amide bonds. The monoisotopic (exact) mass is 582 g/mol. The molecule has 1 heterocycles. The lowest BCUT2D eigenvalue weighted by atomic mass is 10.1. The van der Waals surface area contributed by atoms with Gasteiger partial charge in [-0.05, 0) is 11.1 Å². The van der Waals surface area contributed by atoms with Gasteiger partial charge in [0.1, 0.15) is 11.7 Å². The van der Waals surface area contributed by atoms with Crippen molar-refractivity contribution >= 4 is 52.2 Å². The summed E-state index contributed by atoms with van der Waals surface area (Å²) in [6.07, 6.45) is -0.833. The number of thiazole rings is 1. The van der Waals surface area contributed by atoms with Crippen molar-refractivity contribution < 1.29 is 39.0 Å². The number of aromatic nitrogens is 1. The van der Waals surface area contributed by atoms with Crippen LogP contribution < -0.4 is 26.6 Å². The highest BCUT2D eigenvalue weighted by Gasteiger charge is 2.29. The van der Waals surface area contributed by atoms with Crippen LogP contribution in [0, 0.1) is 0 Å². The number of urea groups is 1. The lowest BCUT2D eigenvalue weighted by Gasteiger charge is -2.20. The largest absolute Gasteiger partial charge is 0.481 e. The average Bonchev–Trinajstić information content (AvgIpc) is 3.42. The number of benzene rings is 2. The Morgan fingerprint density at radius 2 is 1.51 bits per heavy atom. The number of carbonyl (C=O) groups excluding carboxylic acids is 4. The third-order valence-electron chi connectivity index (χ3n) is 5.36. The third-order valence-corrected chi connectivity index (χ3v) is 6.12. The van der Waals surface area contributed by atoms with Crippen LogP contribution in [0.15, 0.2) is 66.0 Å². The van der Waals surface area contributed by atoms with Gasteiger partial charge in [-0.3, -0.25) is 24.5 Å². The van der Waals surface area contributed by atoms with Gasteiger partial charge < -0.3 is 31.5 Å². The van der Waals surface area contributed by atoms with E-state index < -0.39 is 60.7 Å². The summed E-state index contributed by atoms with van der Waals surface area (Å²) in [6.45, 7) is -0.355. The van der Waals surface area contributed by atoms with Crippen LogP contribution in [0.2, 0.25) is 0 Å². The molecular formula is C26H26N6O8S. The number of aliphatic carboxylic acids is 2. The zero-order valence-corrected chi connectivity index (χ0v) is 22.1. The van der Waals surface area contributed by atoms with Crippen LogP contribution >= 0.6 is 11.3 Å². The molecule has 0 aliphatic carbocycles. The van der Waals surface area contributed by atoms with E-state index in [0.29, 0.717) is 0 Å². The SMILES string of the molecule is O=C(O)C[C@H](NC(=O)CNC(=O)c1csc(NC(=O)NCc2ccccc2)n1)C(=O)N[C@H](C(=O)O)c1ccccc1. The van der Waals surface area contributed by atoms with Gasteiger partial charge in [0.2, 0.25) is 11.8 Å². The normalized spacial score (nSPS) is 11.8. The lowest BCUT2D eigenvalue weighted by molar-refractivity contribution is -0.143. The van der Waals surface area contributed by atoms with Crippen LogP contribution in [0.4, 0.5) is 9.93 Å². The van der Waals surface area contributed by atoms with E-state index in [0.717, 1.165) is 16.9 Å². The molecule has 0 aliphatic rings. The first kappa shape index (κ1) is 30.2. The molecule has 3 aromatic rings. The quantitative estimate of drug-likeness (QED) is 0.153. The standard InChI is InChI=1S/C26H26N6O8S/c33-19(29-17(11-20(34)35)23(37)31-21(24(38)39)16-9-5-2-6-10-16)13-27-22(36)18-14-41-26(30-18)32-25(40)28-12-15-7-3-1-4-8-15/h1-10,14,17,21H,11-13H2,(H,27,36)(H,29,33)(H,31,37)(H,34,35)(H,38,39)(H2,28,30,32,40)/t17-,21-/m0/s1. The minimum atomic E-state index is -1.62. The highest BCUT2D eigenvalue weighted by Crippen LogP contribution is 2.15. The Labute approximate surface area is 237 Å². The first-order chi connectivity index (χ1) is 19.6. The van der Waals surface area contributed by atoms with E-state index in [2.05, 4.69) is 31.6 Å². The fourth-order valence-corrected chi connectivity index (χ4v) is 4.10. The molecule has 1 aromatic heterocycles. The van der Waals surface area contributed by atoms with E-state index in [1.807, 2.05) is 30.3 Å². The molecule has 0 spiro atoms. The molecule has 15 heteroatoms. The molecule has 0 fully saturated rings. The van der Waals surface area contributed by atoms with E-state index in [1.54, 1.807) is 18.2 Å². The summed E-state index contributed by atoms with van der Waals surface area (Å²) in [5.74, 6) is -5.51. The highest BCUT2D eigenvalue weighted by molar-refractivity contribution is 7.14. The first-order valence-electron chi connectivity index (χ1n) is 12.0. The summed E-state index contributed by atoms with van der Waals surface area (Å²) in [5, 5.41) is 32.0. The van der Waals surface area contributed by atoms with Crippen molar-refractivity contribution in [1.82, 2.24) is 26.3 Å². The fraction of sp³-hybridized carbons (Fsp3) is 0.192. The predicted molar refractivity (Wildman–Crippen MR) is 146 cm³/mol. The molecule has 2 atom stereocenters. The van der Waals surface area contributed by atoms with Gasteiger partial charge in [-0.2, -0.15) is 0 Å². The molecule has 0 aliphatic heterocycles. The van der Waals surface area contributed by atoms with Crippen molar-refractivity contribution in [3.8, 4) is 0 Å². The smallest absolute Gasteiger partial charge is 0.330 e. The molecule has 14 nitrogen and oxygen atoms in total. The summed E-state index contributed by atoms with van der Waals surface area (Å²) in [7, 11) is 0. The lowest BCUT2D eigenvalue weighted by Crippen LogP contribution is -2.51. The van der Waals surface area contributed by atoms with Crippen molar-refractivity contribution in [1.29, 1.82) is 0 Å². The van der Waals surface area contributed by atoms with Crippen LogP contribution in [-0.4, -0.2) is 63.5 Å². The third kappa shape index (κ3) is 9.74. The van der Waals surface area contributed by atoms with E-state index in [9.17, 15) is 39.0 Å². The van der Waals surface area contributed by atoms with E-state index in [-0.39, 0.29) is 22.9 Å². The van der Waals surface area contributed by atoms with E-state index in [1.165, 1.54) is 17.5 Å². The molecule has 7 N–H and O–H groups in total. The minimum Gasteiger partial charge on any atom is -0.481 e.